The maximum absolute atomic E-state index is 14.7. The van der Waals surface area contributed by atoms with E-state index < -0.39 is 5.67 Å². The molecule has 130 valence electrons. The molecule has 1 aromatic rings. The van der Waals surface area contributed by atoms with E-state index in [-0.39, 0.29) is 12.0 Å². The predicted octanol–water partition coefficient (Wildman–Crippen LogP) is 5.08. The van der Waals surface area contributed by atoms with E-state index in [2.05, 4.69) is 6.92 Å². The van der Waals surface area contributed by atoms with Gasteiger partial charge in [0.15, 0.2) is 0 Å². The van der Waals surface area contributed by atoms with Gasteiger partial charge in [0.2, 0.25) is 0 Å². The summed E-state index contributed by atoms with van der Waals surface area (Å²) in [6.45, 7) is 2.15. The van der Waals surface area contributed by atoms with Crippen LogP contribution in [0, 0.1) is 5.92 Å². The van der Waals surface area contributed by atoms with Crippen LogP contribution in [0.3, 0.4) is 0 Å². The minimum atomic E-state index is -0.981. The second-order valence-electron chi connectivity index (χ2n) is 7.06. The number of rotatable bonds is 8. The van der Waals surface area contributed by atoms with Crippen molar-refractivity contribution in [3.63, 3.8) is 0 Å². The number of unbranched alkanes of at least 4 members (excludes halogenated alkanes) is 2. The quantitative estimate of drug-likeness (QED) is 0.677. The van der Waals surface area contributed by atoms with E-state index in [0.29, 0.717) is 25.7 Å². The average molecular weight is 322 g/mol. The number of alkyl halides is 1. The lowest BCUT2D eigenvalue weighted by molar-refractivity contribution is 0.0204. The topological polar surface area (TPSA) is 29.5 Å². The average Bonchev–Trinajstić information content (AvgIpc) is 2.56. The summed E-state index contributed by atoms with van der Waals surface area (Å²) in [5.41, 5.74) is 0.129. The number of aliphatic hydroxyl groups excluding tert-OH is 1. The summed E-state index contributed by atoms with van der Waals surface area (Å²) in [7, 11) is 1.65. The van der Waals surface area contributed by atoms with Gasteiger partial charge >= 0.3 is 0 Å². The Labute approximate surface area is 140 Å². The van der Waals surface area contributed by atoms with E-state index in [9.17, 15) is 9.50 Å². The molecule has 1 N–H and O–H groups in total. The molecule has 23 heavy (non-hydrogen) atoms. The molecule has 0 radical (unpaired) electrons. The summed E-state index contributed by atoms with van der Waals surface area (Å²) >= 11 is 0. The molecule has 1 aliphatic carbocycles. The molecule has 3 heteroatoms. The third kappa shape index (κ3) is 5.49. The monoisotopic (exact) mass is 322 g/mol. The van der Waals surface area contributed by atoms with Crippen molar-refractivity contribution in [1.29, 1.82) is 0 Å². The van der Waals surface area contributed by atoms with Crippen molar-refractivity contribution in [1.82, 2.24) is 0 Å². The zero-order valence-corrected chi connectivity index (χ0v) is 14.6. The number of ether oxygens (including phenoxy) is 1. The second kappa shape index (κ2) is 8.68. The predicted molar refractivity (Wildman–Crippen MR) is 92.6 cm³/mol. The molecule has 1 atom stereocenters. The van der Waals surface area contributed by atoms with Crippen LogP contribution in [0.2, 0.25) is 0 Å². The summed E-state index contributed by atoms with van der Waals surface area (Å²) in [5.74, 6) is 1.06. The SMILES string of the molecule is CCCCC[C@]1(F)CC[C@H]([C@H](O)Cc2ccc(OC)cc2)CC1. The summed E-state index contributed by atoms with van der Waals surface area (Å²) in [4.78, 5) is 0. The van der Waals surface area contributed by atoms with E-state index in [0.717, 1.165) is 43.4 Å². The van der Waals surface area contributed by atoms with Gasteiger partial charge in [-0.25, -0.2) is 4.39 Å². The van der Waals surface area contributed by atoms with Gasteiger partial charge in [-0.15, -0.1) is 0 Å². The molecule has 1 aliphatic rings. The fourth-order valence-electron chi connectivity index (χ4n) is 3.65. The van der Waals surface area contributed by atoms with Crippen molar-refractivity contribution in [2.75, 3.05) is 7.11 Å². The second-order valence-corrected chi connectivity index (χ2v) is 7.06. The Morgan fingerprint density at radius 2 is 1.87 bits per heavy atom. The minimum absolute atomic E-state index is 0.229. The van der Waals surface area contributed by atoms with E-state index in [1.54, 1.807) is 7.11 Å². The third-order valence-electron chi connectivity index (χ3n) is 5.30. The summed E-state index contributed by atoms with van der Waals surface area (Å²) in [6, 6.07) is 7.83. The highest BCUT2D eigenvalue weighted by molar-refractivity contribution is 5.27. The zero-order chi connectivity index (χ0) is 16.7. The van der Waals surface area contributed by atoms with Crippen LogP contribution in [0.1, 0.15) is 63.9 Å². The van der Waals surface area contributed by atoms with Crippen molar-refractivity contribution in [2.45, 2.75) is 76.5 Å². The Hall–Kier alpha value is -1.09. The van der Waals surface area contributed by atoms with Gasteiger partial charge in [-0.1, -0.05) is 38.3 Å². The first kappa shape index (κ1) is 18.3. The molecule has 0 aliphatic heterocycles. The molecule has 0 bridgehead atoms. The van der Waals surface area contributed by atoms with Gasteiger partial charge < -0.3 is 9.84 Å². The van der Waals surface area contributed by atoms with Crippen LogP contribution in [0.25, 0.3) is 0 Å². The molecule has 0 amide bonds. The number of halogens is 1. The lowest BCUT2D eigenvalue weighted by Gasteiger charge is -2.36. The van der Waals surface area contributed by atoms with E-state index in [4.69, 9.17) is 4.74 Å². The molecule has 0 saturated heterocycles. The van der Waals surface area contributed by atoms with Crippen molar-refractivity contribution < 1.29 is 14.2 Å². The largest absolute Gasteiger partial charge is 0.497 e. The molecule has 2 rings (SSSR count). The first-order valence-corrected chi connectivity index (χ1v) is 9.06. The zero-order valence-electron chi connectivity index (χ0n) is 14.6. The lowest BCUT2D eigenvalue weighted by Crippen LogP contribution is -2.34. The normalized spacial score (nSPS) is 26.0. The molecular formula is C20H31FO2. The smallest absolute Gasteiger partial charge is 0.118 e. The Morgan fingerprint density at radius 1 is 1.22 bits per heavy atom. The summed E-state index contributed by atoms with van der Waals surface area (Å²) in [6.07, 6.45) is 7.05. The fraction of sp³-hybridized carbons (Fsp3) is 0.700. The molecule has 0 aromatic heterocycles. The highest BCUT2D eigenvalue weighted by atomic mass is 19.1. The Bertz CT molecular complexity index is 449. The van der Waals surface area contributed by atoms with Crippen molar-refractivity contribution in [3.8, 4) is 5.75 Å². The molecule has 1 aromatic carbocycles. The molecule has 1 saturated carbocycles. The number of hydrogen-bond donors (Lipinski definition) is 1. The van der Waals surface area contributed by atoms with Gasteiger partial charge in [0.25, 0.3) is 0 Å². The van der Waals surface area contributed by atoms with Crippen LogP contribution >= 0.6 is 0 Å². The maximum atomic E-state index is 14.7. The molecule has 2 nitrogen and oxygen atoms in total. The standard InChI is InChI=1S/C20H31FO2/c1-3-4-5-12-20(21)13-10-17(11-14-20)19(22)15-16-6-8-18(23-2)9-7-16/h6-9,17,19,22H,3-5,10-15H2,1-2H3/t17-,19-,20-/m1/s1. The van der Waals surface area contributed by atoms with Gasteiger partial charge in [-0.3, -0.25) is 0 Å². The molecule has 0 spiro atoms. The van der Waals surface area contributed by atoms with Gasteiger partial charge in [0.05, 0.1) is 13.2 Å². The lowest BCUT2D eigenvalue weighted by atomic mass is 9.75. The molecular weight excluding hydrogens is 291 g/mol. The minimum Gasteiger partial charge on any atom is -0.497 e. The van der Waals surface area contributed by atoms with E-state index in [1.807, 2.05) is 24.3 Å². The van der Waals surface area contributed by atoms with Crippen LogP contribution in [-0.2, 0) is 6.42 Å². The van der Waals surface area contributed by atoms with Crippen LogP contribution in [0.5, 0.6) is 5.75 Å². The van der Waals surface area contributed by atoms with Crippen molar-refractivity contribution in [2.24, 2.45) is 5.92 Å². The van der Waals surface area contributed by atoms with Crippen LogP contribution in [0.4, 0.5) is 4.39 Å². The number of methoxy groups -OCH3 is 1. The van der Waals surface area contributed by atoms with Crippen LogP contribution in [0.15, 0.2) is 24.3 Å². The van der Waals surface area contributed by atoms with Gasteiger partial charge in [0.1, 0.15) is 11.4 Å². The Balaban J connectivity index is 1.79. The van der Waals surface area contributed by atoms with Crippen molar-refractivity contribution >= 4 is 0 Å². The number of aliphatic hydroxyl groups is 1. The summed E-state index contributed by atoms with van der Waals surface area (Å²) < 4.78 is 19.9. The fourth-order valence-corrected chi connectivity index (χ4v) is 3.65. The van der Waals surface area contributed by atoms with Crippen molar-refractivity contribution in [3.05, 3.63) is 29.8 Å². The maximum Gasteiger partial charge on any atom is 0.118 e. The van der Waals surface area contributed by atoms with Gasteiger partial charge in [-0.2, -0.15) is 0 Å². The van der Waals surface area contributed by atoms with Crippen LogP contribution in [-0.4, -0.2) is 24.0 Å². The first-order chi connectivity index (χ1) is 11.1. The van der Waals surface area contributed by atoms with Gasteiger partial charge in [-0.05, 0) is 62.1 Å². The molecule has 0 unspecified atom stereocenters. The van der Waals surface area contributed by atoms with Crippen LogP contribution < -0.4 is 4.74 Å². The highest BCUT2D eigenvalue weighted by Gasteiger charge is 2.36. The third-order valence-corrected chi connectivity index (χ3v) is 5.30. The summed E-state index contributed by atoms with van der Waals surface area (Å²) in [5, 5.41) is 10.5. The molecule has 0 heterocycles. The molecule has 1 fully saturated rings. The first-order valence-electron chi connectivity index (χ1n) is 9.06. The number of hydrogen-bond acceptors (Lipinski definition) is 2. The highest BCUT2D eigenvalue weighted by Crippen LogP contribution is 2.40. The number of benzene rings is 1. The van der Waals surface area contributed by atoms with Gasteiger partial charge in [0, 0.05) is 0 Å². The Morgan fingerprint density at radius 3 is 2.43 bits per heavy atom. The van der Waals surface area contributed by atoms with E-state index >= 15 is 0 Å². The van der Waals surface area contributed by atoms with E-state index in [1.165, 1.54) is 0 Å². The Kier molecular flexibility index (Phi) is 6.88.